The fourth-order valence-corrected chi connectivity index (χ4v) is 4.36. The van der Waals surface area contributed by atoms with Crippen LogP contribution < -0.4 is 5.32 Å². The van der Waals surface area contributed by atoms with E-state index in [0.29, 0.717) is 0 Å². The van der Waals surface area contributed by atoms with Crippen LogP contribution >= 0.6 is 0 Å². The number of likely N-dealkylation sites (N-methyl/N-ethyl adjacent to an activating group) is 1. The Labute approximate surface area is 179 Å². The summed E-state index contributed by atoms with van der Waals surface area (Å²) in [6.45, 7) is -0.0841. The monoisotopic (exact) mass is 424 g/mol. The highest BCUT2D eigenvalue weighted by Gasteiger charge is 2.46. The number of nitrogens with one attached hydrogen (secondary N) is 1. The van der Waals surface area contributed by atoms with Crippen molar-refractivity contribution in [3.8, 4) is 11.1 Å². The molecule has 1 saturated heterocycles. The lowest BCUT2D eigenvalue weighted by atomic mass is 9.97. The van der Waals surface area contributed by atoms with Crippen LogP contribution in [0.1, 0.15) is 23.5 Å². The van der Waals surface area contributed by atoms with Gasteiger partial charge in [0, 0.05) is 26.0 Å². The number of rotatable bonds is 6. The Kier molecular flexibility index (Phi) is 5.65. The van der Waals surface area contributed by atoms with E-state index in [1.807, 2.05) is 36.4 Å². The van der Waals surface area contributed by atoms with E-state index < -0.39 is 30.1 Å². The molecular weight excluding hydrogens is 400 g/mol. The van der Waals surface area contributed by atoms with Crippen LogP contribution in [0.2, 0.25) is 0 Å². The smallest absolute Gasteiger partial charge is 0.408 e. The Hall–Kier alpha value is -3.39. The predicted molar refractivity (Wildman–Crippen MR) is 112 cm³/mol. The summed E-state index contributed by atoms with van der Waals surface area (Å²) in [6.07, 6.45) is -0.482. The summed E-state index contributed by atoms with van der Waals surface area (Å²) in [7, 11) is 1.38. The number of carbonyl (C=O) groups excluding carboxylic acids is 2. The fraction of sp³-hybridized carbons (Fsp3) is 0.348. The fourth-order valence-electron chi connectivity index (χ4n) is 4.36. The molecule has 2 N–H and O–H groups in total. The third-order valence-electron chi connectivity index (χ3n) is 5.84. The van der Waals surface area contributed by atoms with Crippen LogP contribution in [0.15, 0.2) is 48.5 Å². The molecule has 2 aromatic carbocycles. The molecule has 1 unspecified atom stereocenters. The van der Waals surface area contributed by atoms with Crippen molar-refractivity contribution in [1.29, 1.82) is 0 Å². The maximum atomic E-state index is 12.8. The van der Waals surface area contributed by atoms with Crippen LogP contribution in [0.3, 0.4) is 0 Å². The predicted octanol–water partition coefficient (Wildman–Crippen LogP) is 2.23. The van der Waals surface area contributed by atoms with Crippen LogP contribution in [0.4, 0.5) is 4.79 Å². The normalized spacial score (nSPS) is 19.4. The van der Waals surface area contributed by atoms with Gasteiger partial charge in [0.2, 0.25) is 0 Å². The average Bonchev–Trinajstić information content (AvgIpc) is 3.35. The van der Waals surface area contributed by atoms with E-state index in [1.54, 1.807) is 0 Å². The first-order valence-corrected chi connectivity index (χ1v) is 10.1. The van der Waals surface area contributed by atoms with Gasteiger partial charge < -0.3 is 24.8 Å². The SMILES string of the molecule is CN(CC(=O)O)C(=O)C1(NC(=O)OCC2c3ccccc3-c3ccccc32)CCOC1. The van der Waals surface area contributed by atoms with Crippen molar-refractivity contribution >= 4 is 18.0 Å². The average molecular weight is 424 g/mol. The van der Waals surface area contributed by atoms with Gasteiger partial charge in [0.25, 0.3) is 5.91 Å². The van der Waals surface area contributed by atoms with Crippen LogP contribution in [0.5, 0.6) is 0 Å². The highest BCUT2D eigenvalue weighted by Crippen LogP contribution is 2.44. The van der Waals surface area contributed by atoms with Gasteiger partial charge in [-0.1, -0.05) is 48.5 Å². The van der Waals surface area contributed by atoms with E-state index >= 15 is 0 Å². The van der Waals surface area contributed by atoms with Crippen molar-refractivity contribution in [3.05, 3.63) is 59.7 Å². The van der Waals surface area contributed by atoms with Crippen LogP contribution in [-0.2, 0) is 19.1 Å². The largest absolute Gasteiger partial charge is 0.480 e. The van der Waals surface area contributed by atoms with Gasteiger partial charge in [-0.05, 0) is 22.3 Å². The molecule has 0 radical (unpaired) electrons. The number of amides is 2. The lowest BCUT2D eigenvalue weighted by Crippen LogP contribution is -2.60. The molecule has 1 fully saturated rings. The summed E-state index contributed by atoms with van der Waals surface area (Å²) in [6, 6.07) is 16.0. The Balaban J connectivity index is 1.46. The number of aliphatic carboxylic acids is 1. The minimum absolute atomic E-state index is 0.0278. The third-order valence-corrected chi connectivity index (χ3v) is 5.84. The van der Waals surface area contributed by atoms with Crippen LogP contribution in [0.25, 0.3) is 11.1 Å². The van der Waals surface area contributed by atoms with E-state index in [0.717, 1.165) is 27.2 Å². The number of carbonyl (C=O) groups is 3. The molecule has 1 heterocycles. The number of fused-ring (bicyclic) bond motifs is 3. The second kappa shape index (κ2) is 8.39. The van der Waals surface area contributed by atoms with Crippen molar-refractivity contribution in [2.24, 2.45) is 0 Å². The van der Waals surface area contributed by atoms with E-state index in [1.165, 1.54) is 7.05 Å². The summed E-state index contributed by atoms with van der Waals surface area (Å²) in [4.78, 5) is 37.5. The number of alkyl carbamates (subject to hydrolysis) is 1. The third kappa shape index (κ3) is 3.98. The molecule has 0 saturated carbocycles. The van der Waals surface area contributed by atoms with Gasteiger partial charge in [-0.25, -0.2) is 4.79 Å². The minimum atomic E-state index is -1.33. The van der Waals surface area contributed by atoms with E-state index in [9.17, 15) is 14.4 Å². The second-order valence-corrected chi connectivity index (χ2v) is 7.89. The molecule has 1 aliphatic heterocycles. The van der Waals surface area contributed by atoms with Gasteiger partial charge in [-0.3, -0.25) is 9.59 Å². The summed E-state index contributed by atoms with van der Waals surface area (Å²) in [5.74, 6) is -1.74. The lowest BCUT2D eigenvalue weighted by molar-refractivity contribution is -0.146. The number of hydrogen-bond acceptors (Lipinski definition) is 5. The molecule has 2 aliphatic rings. The summed E-state index contributed by atoms with van der Waals surface area (Å²) < 4.78 is 10.9. The van der Waals surface area contributed by atoms with Gasteiger partial charge in [0.15, 0.2) is 0 Å². The molecular formula is C23H24N2O6. The number of carboxylic acid groups (broad SMARTS) is 1. The first-order chi connectivity index (χ1) is 14.9. The standard InChI is InChI=1S/C23H24N2O6/c1-25(12-20(26)27)21(28)23(10-11-30-14-23)24-22(29)31-13-19-17-8-4-2-6-15(17)16-7-3-5-9-18(16)19/h2-9,19H,10-14H2,1H3,(H,24,29)(H,26,27). The molecule has 8 nitrogen and oxygen atoms in total. The van der Waals surface area contributed by atoms with Gasteiger partial charge in [-0.2, -0.15) is 0 Å². The van der Waals surface area contributed by atoms with Gasteiger partial charge in [-0.15, -0.1) is 0 Å². The molecule has 0 bridgehead atoms. The molecule has 1 aliphatic carbocycles. The maximum Gasteiger partial charge on any atom is 0.408 e. The van der Waals surface area contributed by atoms with E-state index in [-0.39, 0.29) is 32.2 Å². The molecule has 1 atom stereocenters. The summed E-state index contributed by atoms with van der Waals surface area (Å²) >= 11 is 0. The van der Waals surface area contributed by atoms with E-state index in [4.69, 9.17) is 14.6 Å². The topological polar surface area (TPSA) is 105 Å². The van der Waals surface area contributed by atoms with Crippen molar-refractivity contribution in [3.63, 3.8) is 0 Å². The zero-order valence-electron chi connectivity index (χ0n) is 17.2. The van der Waals surface area contributed by atoms with Gasteiger partial charge in [0.1, 0.15) is 18.7 Å². The van der Waals surface area contributed by atoms with E-state index in [2.05, 4.69) is 17.4 Å². The lowest BCUT2D eigenvalue weighted by Gasteiger charge is -2.31. The zero-order chi connectivity index (χ0) is 22.0. The number of nitrogens with zero attached hydrogens (tertiary/aromatic N) is 1. The quantitative estimate of drug-likeness (QED) is 0.737. The maximum absolute atomic E-state index is 12.8. The first kappa shape index (κ1) is 20.9. The molecule has 2 aromatic rings. The Morgan fingerprint density at radius 1 is 1.13 bits per heavy atom. The molecule has 162 valence electrons. The highest BCUT2D eigenvalue weighted by molar-refractivity contribution is 5.92. The molecule has 0 spiro atoms. The van der Waals surface area contributed by atoms with Crippen molar-refractivity contribution < 1.29 is 29.0 Å². The molecule has 0 aromatic heterocycles. The van der Waals surface area contributed by atoms with Crippen LogP contribution in [0, 0.1) is 0 Å². The number of carboxylic acids is 1. The van der Waals surface area contributed by atoms with Gasteiger partial charge >= 0.3 is 12.1 Å². The highest BCUT2D eigenvalue weighted by atomic mass is 16.6. The Morgan fingerprint density at radius 3 is 2.29 bits per heavy atom. The number of hydrogen-bond donors (Lipinski definition) is 2. The zero-order valence-corrected chi connectivity index (χ0v) is 17.2. The van der Waals surface area contributed by atoms with Crippen LogP contribution in [-0.4, -0.2) is 66.9 Å². The van der Waals surface area contributed by atoms with Crippen molar-refractivity contribution in [2.45, 2.75) is 17.9 Å². The van der Waals surface area contributed by atoms with Gasteiger partial charge in [0.05, 0.1) is 6.61 Å². The summed E-state index contributed by atoms with van der Waals surface area (Å²) in [5.41, 5.74) is 3.10. The minimum Gasteiger partial charge on any atom is -0.480 e. The summed E-state index contributed by atoms with van der Waals surface area (Å²) in [5, 5.41) is 11.6. The van der Waals surface area contributed by atoms with Crippen molar-refractivity contribution in [2.75, 3.05) is 33.4 Å². The molecule has 8 heteroatoms. The Morgan fingerprint density at radius 2 is 1.74 bits per heavy atom. The second-order valence-electron chi connectivity index (χ2n) is 7.89. The Bertz CT molecular complexity index is 969. The number of ether oxygens (including phenoxy) is 2. The first-order valence-electron chi connectivity index (χ1n) is 10.1. The number of benzene rings is 2. The van der Waals surface area contributed by atoms with Crippen molar-refractivity contribution in [1.82, 2.24) is 10.2 Å². The molecule has 2 amide bonds. The molecule has 31 heavy (non-hydrogen) atoms. The molecule has 4 rings (SSSR count).